The molecular weight excluding hydrogens is 294 g/mol. The van der Waals surface area contributed by atoms with Gasteiger partial charge in [0, 0.05) is 11.9 Å². The molecule has 3 rings (SSSR count). The molecule has 2 aromatic rings. The van der Waals surface area contributed by atoms with Gasteiger partial charge in [0.25, 0.3) is 5.91 Å². The first-order valence-electron chi connectivity index (χ1n) is 7.66. The summed E-state index contributed by atoms with van der Waals surface area (Å²) < 4.78 is 3.81. The Morgan fingerprint density at radius 1 is 1.23 bits per heavy atom. The van der Waals surface area contributed by atoms with E-state index < -0.39 is 0 Å². The Morgan fingerprint density at radius 2 is 2.09 bits per heavy atom. The van der Waals surface area contributed by atoms with E-state index in [-0.39, 0.29) is 11.9 Å². The summed E-state index contributed by atoms with van der Waals surface area (Å²) in [5.74, 6) is -0.00152. The first kappa shape index (κ1) is 14.9. The zero-order valence-electron chi connectivity index (χ0n) is 12.4. The van der Waals surface area contributed by atoms with Crippen LogP contribution >= 0.6 is 11.5 Å². The molecule has 0 saturated carbocycles. The van der Waals surface area contributed by atoms with Crippen molar-refractivity contribution in [2.24, 2.45) is 0 Å². The van der Waals surface area contributed by atoms with Crippen molar-refractivity contribution in [1.82, 2.24) is 14.5 Å². The molecule has 1 aromatic heterocycles. The number of nitrogens with zero attached hydrogens (tertiary/aromatic N) is 3. The van der Waals surface area contributed by atoms with Crippen molar-refractivity contribution in [2.75, 3.05) is 6.54 Å². The molecule has 1 amide bonds. The number of carbonyl (C=O) groups is 1. The minimum Gasteiger partial charge on any atom is -0.331 e. The van der Waals surface area contributed by atoms with E-state index in [4.69, 9.17) is 0 Å². The van der Waals surface area contributed by atoms with Gasteiger partial charge in [0.1, 0.15) is 0 Å². The van der Waals surface area contributed by atoms with Crippen LogP contribution in [0.3, 0.4) is 0 Å². The monoisotopic (exact) mass is 313 g/mol. The molecule has 5 heteroatoms. The molecular formula is C17H19N3OS. The molecule has 1 unspecified atom stereocenters. The molecule has 0 bridgehead atoms. The molecule has 0 spiro atoms. The van der Waals surface area contributed by atoms with E-state index in [0.29, 0.717) is 5.69 Å². The van der Waals surface area contributed by atoms with Gasteiger partial charge in [-0.05, 0) is 29.9 Å². The molecule has 0 aliphatic carbocycles. The van der Waals surface area contributed by atoms with Crippen molar-refractivity contribution in [3.05, 3.63) is 53.0 Å². The van der Waals surface area contributed by atoms with Crippen LogP contribution in [0.4, 0.5) is 0 Å². The smallest absolute Gasteiger partial charge is 0.275 e. The first-order valence-corrected chi connectivity index (χ1v) is 8.49. The molecule has 22 heavy (non-hydrogen) atoms. The number of likely N-dealkylation sites (tertiary alicyclic amines) is 1. The van der Waals surface area contributed by atoms with E-state index in [1.807, 2.05) is 23.1 Å². The van der Waals surface area contributed by atoms with Gasteiger partial charge in [-0.15, -0.1) is 5.10 Å². The summed E-state index contributed by atoms with van der Waals surface area (Å²) in [7, 11) is 0. The van der Waals surface area contributed by atoms with Crippen LogP contribution in [0, 0.1) is 0 Å². The topological polar surface area (TPSA) is 46.1 Å². The van der Waals surface area contributed by atoms with Crippen LogP contribution in [0.25, 0.3) is 6.08 Å². The third-order valence-electron chi connectivity index (χ3n) is 3.95. The Morgan fingerprint density at radius 3 is 2.86 bits per heavy atom. The van der Waals surface area contributed by atoms with Gasteiger partial charge in [0.05, 0.1) is 6.04 Å². The summed E-state index contributed by atoms with van der Waals surface area (Å²) in [4.78, 5) is 14.6. The van der Waals surface area contributed by atoms with E-state index >= 15 is 0 Å². The fourth-order valence-corrected chi connectivity index (χ4v) is 3.21. The van der Waals surface area contributed by atoms with E-state index in [1.165, 1.54) is 18.0 Å². The van der Waals surface area contributed by atoms with Gasteiger partial charge in [-0.2, -0.15) is 0 Å². The largest absolute Gasteiger partial charge is 0.331 e. The van der Waals surface area contributed by atoms with Crippen molar-refractivity contribution in [1.29, 1.82) is 0 Å². The Bertz CT molecular complexity index is 625. The lowest BCUT2D eigenvalue weighted by molar-refractivity contribution is 0.0712. The van der Waals surface area contributed by atoms with E-state index in [1.54, 1.807) is 5.38 Å². The molecule has 114 valence electrons. The number of hydrogen-bond acceptors (Lipinski definition) is 4. The van der Waals surface area contributed by atoms with E-state index in [0.717, 1.165) is 31.4 Å². The van der Waals surface area contributed by atoms with Gasteiger partial charge in [-0.1, -0.05) is 59.8 Å². The van der Waals surface area contributed by atoms with Crippen molar-refractivity contribution in [2.45, 2.75) is 31.7 Å². The minimum atomic E-state index is -0.00152. The highest BCUT2D eigenvalue weighted by Crippen LogP contribution is 2.21. The number of benzene rings is 1. The molecule has 1 atom stereocenters. The molecule has 4 nitrogen and oxygen atoms in total. The molecule has 1 fully saturated rings. The van der Waals surface area contributed by atoms with Crippen molar-refractivity contribution < 1.29 is 4.79 Å². The van der Waals surface area contributed by atoms with Gasteiger partial charge in [0.2, 0.25) is 0 Å². The second-order valence-electron chi connectivity index (χ2n) is 5.48. The lowest BCUT2D eigenvalue weighted by Gasteiger charge is -2.27. The summed E-state index contributed by atoms with van der Waals surface area (Å²) in [5, 5.41) is 5.66. The van der Waals surface area contributed by atoms with Crippen LogP contribution in [0.5, 0.6) is 0 Å². The highest BCUT2D eigenvalue weighted by Gasteiger charge is 2.25. The van der Waals surface area contributed by atoms with Crippen LogP contribution in [0.2, 0.25) is 0 Å². The van der Waals surface area contributed by atoms with E-state index in [2.05, 4.69) is 33.9 Å². The molecule has 0 radical (unpaired) electrons. The van der Waals surface area contributed by atoms with Crippen molar-refractivity contribution >= 4 is 23.5 Å². The summed E-state index contributed by atoms with van der Waals surface area (Å²) in [6.45, 7) is 0.792. The Labute approximate surface area is 134 Å². The standard InChI is InChI=1S/C17H19N3OS/c21-17(16-13-22-19-18-16)20-12-6-2-5-9-15(20)11-10-14-7-3-1-4-8-14/h1,3-4,7-8,10-11,13,15H,2,5-6,9,12H2/b11-10+. The molecule has 1 aliphatic heterocycles. The normalized spacial score (nSPS) is 19.3. The van der Waals surface area contributed by atoms with Crippen molar-refractivity contribution in [3.8, 4) is 0 Å². The Hall–Kier alpha value is -2.01. The highest BCUT2D eigenvalue weighted by atomic mass is 32.1. The van der Waals surface area contributed by atoms with Crippen LogP contribution in [-0.2, 0) is 0 Å². The quantitative estimate of drug-likeness (QED) is 0.869. The van der Waals surface area contributed by atoms with Crippen LogP contribution in [0.15, 0.2) is 41.8 Å². The van der Waals surface area contributed by atoms with Crippen LogP contribution < -0.4 is 0 Å². The number of carbonyl (C=O) groups excluding carboxylic acids is 1. The second-order valence-corrected chi connectivity index (χ2v) is 6.09. The molecule has 1 aromatic carbocycles. The SMILES string of the molecule is O=C(c1csnn1)N1CCCCCC1/C=C/c1ccccc1. The molecule has 1 saturated heterocycles. The highest BCUT2D eigenvalue weighted by molar-refractivity contribution is 7.03. The zero-order valence-corrected chi connectivity index (χ0v) is 13.2. The van der Waals surface area contributed by atoms with Crippen LogP contribution in [-0.4, -0.2) is 33.0 Å². The maximum absolute atomic E-state index is 12.6. The van der Waals surface area contributed by atoms with Gasteiger partial charge >= 0.3 is 0 Å². The van der Waals surface area contributed by atoms with Gasteiger partial charge < -0.3 is 4.90 Å². The Balaban J connectivity index is 1.79. The first-order chi connectivity index (χ1) is 10.8. The minimum absolute atomic E-state index is 0.00152. The number of amides is 1. The number of aromatic nitrogens is 2. The van der Waals surface area contributed by atoms with Crippen LogP contribution in [0.1, 0.15) is 41.7 Å². The summed E-state index contributed by atoms with van der Waals surface area (Å²) >= 11 is 1.22. The molecule has 1 aliphatic rings. The third-order valence-corrected chi connectivity index (χ3v) is 4.45. The fraction of sp³-hybridized carbons (Fsp3) is 0.353. The summed E-state index contributed by atoms with van der Waals surface area (Å²) in [5.41, 5.74) is 1.62. The zero-order chi connectivity index (χ0) is 15.2. The molecule has 0 N–H and O–H groups in total. The van der Waals surface area contributed by atoms with Crippen molar-refractivity contribution in [3.63, 3.8) is 0 Å². The number of rotatable bonds is 3. The fourth-order valence-electron chi connectivity index (χ4n) is 2.78. The average Bonchev–Trinajstić information content (AvgIpc) is 2.99. The second kappa shape index (κ2) is 7.31. The summed E-state index contributed by atoms with van der Waals surface area (Å²) in [6.07, 6.45) is 8.65. The maximum atomic E-state index is 12.6. The average molecular weight is 313 g/mol. The number of hydrogen-bond donors (Lipinski definition) is 0. The summed E-state index contributed by atoms with van der Waals surface area (Å²) in [6, 6.07) is 10.3. The van der Waals surface area contributed by atoms with E-state index in [9.17, 15) is 4.79 Å². The molecule has 2 heterocycles. The Kier molecular flexibility index (Phi) is 4.96. The third kappa shape index (κ3) is 3.60. The maximum Gasteiger partial charge on any atom is 0.275 e. The predicted octanol–water partition coefficient (Wildman–Crippen LogP) is 3.64. The van der Waals surface area contributed by atoms with Gasteiger partial charge in [-0.3, -0.25) is 4.79 Å². The predicted molar refractivity (Wildman–Crippen MR) is 88.7 cm³/mol. The van der Waals surface area contributed by atoms with Gasteiger partial charge in [0.15, 0.2) is 5.69 Å². The van der Waals surface area contributed by atoms with Gasteiger partial charge in [-0.25, -0.2) is 0 Å². The lowest BCUT2D eigenvalue weighted by Crippen LogP contribution is -2.39. The lowest BCUT2D eigenvalue weighted by atomic mass is 10.1.